The first-order valence-corrected chi connectivity index (χ1v) is 7.12. The van der Waals surface area contributed by atoms with Crippen LogP contribution in [0, 0.1) is 5.41 Å². The number of rotatable bonds is 4. The van der Waals surface area contributed by atoms with Crippen LogP contribution in [0.25, 0.3) is 0 Å². The van der Waals surface area contributed by atoms with Crippen molar-refractivity contribution in [1.82, 2.24) is 5.32 Å². The van der Waals surface area contributed by atoms with E-state index in [9.17, 15) is 0 Å². The number of nitrogens with one attached hydrogen (secondary N) is 1. The second kappa shape index (κ2) is 6.21. The van der Waals surface area contributed by atoms with Crippen molar-refractivity contribution in [1.29, 1.82) is 0 Å². The summed E-state index contributed by atoms with van der Waals surface area (Å²) in [4.78, 5) is 0. The summed E-state index contributed by atoms with van der Waals surface area (Å²) in [5, 5.41) is 4.15. The number of benzene rings is 1. The van der Waals surface area contributed by atoms with Crippen molar-refractivity contribution < 1.29 is 0 Å². The third kappa shape index (κ3) is 5.41. The molecule has 0 saturated heterocycles. The summed E-state index contributed by atoms with van der Waals surface area (Å²) in [6.07, 6.45) is 2.30. The summed E-state index contributed by atoms with van der Waals surface area (Å²) < 4.78 is 1.04. The Morgan fingerprint density at radius 1 is 1.29 bits per heavy atom. The Kier molecular flexibility index (Phi) is 5.49. The first-order valence-electron chi connectivity index (χ1n) is 5.95. The van der Waals surface area contributed by atoms with Crippen molar-refractivity contribution in [2.24, 2.45) is 5.41 Å². The maximum atomic E-state index is 6.08. The van der Waals surface area contributed by atoms with Gasteiger partial charge in [0.2, 0.25) is 0 Å². The molecule has 0 amide bonds. The smallest absolute Gasteiger partial charge is 0.0420 e. The highest BCUT2D eigenvalue weighted by molar-refractivity contribution is 9.10. The van der Waals surface area contributed by atoms with E-state index in [4.69, 9.17) is 11.6 Å². The van der Waals surface area contributed by atoms with Crippen molar-refractivity contribution in [2.75, 3.05) is 7.05 Å². The van der Waals surface area contributed by atoms with Crippen LogP contribution in [0.2, 0.25) is 5.02 Å². The summed E-state index contributed by atoms with van der Waals surface area (Å²) >= 11 is 9.57. The summed E-state index contributed by atoms with van der Waals surface area (Å²) in [6.45, 7) is 6.81. The third-order valence-electron chi connectivity index (χ3n) is 2.82. The predicted molar refractivity (Wildman–Crippen MR) is 79.6 cm³/mol. The highest BCUT2D eigenvalue weighted by atomic mass is 79.9. The molecule has 96 valence electrons. The van der Waals surface area contributed by atoms with Crippen LogP contribution in [0.3, 0.4) is 0 Å². The zero-order valence-corrected chi connectivity index (χ0v) is 13.3. The van der Waals surface area contributed by atoms with Gasteiger partial charge in [0.1, 0.15) is 0 Å². The molecule has 0 bridgehead atoms. The van der Waals surface area contributed by atoms with Crippen molar-refractivity contribution >= 4 is 27.5 Å². The fourth-order valence-electron chi connectivity index (χ4n) is 1.83. The maximum absolute atomic E-state index is 6.08. The SMILES string of the molecule is CNC(CCC(C)(C)C)c1cc(Cl)cc(Br)c1. The monoisotopic (exact) mass is 317 g/mol. The summed E-state index contributed by atoms with van der Waals surface area (Å²) in [7, 11) is 2.00. The molecule has 0 fully saturated rings. The van der Waals surface area contributed by atoms with E-state index < -0.39 is 0 Å². The Balaban J connectivity index is 2.79. The van der Waals surface area contributed by atoms with Gasteiger partial charge < -0.3 is 5.32 Å². The lowest BCUT2D eigenvalue weighted by Crippen LogP contribution is -2.19. The largest absolute Gasteiger partial charge is 0.313 e. The van der Waals surface area contributed by atoms with E-state index in [-0.39, 0.29) is 0 Å². The van der Waals surface area contributed by atoms with E-state index in [0.29, 0.717) is 11.5 Å². The fourth-order valence-corrected chi connectivity index (χ4v) is 2.72. The molecule has 0 aliphatic rings. The minimum Gasteiger partial charge on any atom is -0.313 e. The number of hydrogen-bond donors (Lipinski definition) is 1. The minimum atomic E-state index is 0.365. The quantitative estimate of drug-likeness (QED) is 0.805. The molecule has 0 aliphatic heterocycles. The van der Waals surface area contributed by atoms with Gasteiger partial charge in [-0.3, -0.25) is 0 Å². The molecule has 0 saturated carbocycles. The lowest BCUT2D eigenvalue weighted by Gasteiger charge is -2.23. The molecular weight excluding hydrogens is 298 g/mol. The maximum Gasteiger partial charge on any atom is 0.0420 e. The highest BCUT2D eigenvalue weighted by Gasteiger charge is 2.16. The molecule has 1 rings (SSSR count). The molecule has 1 aromatic carbocycles. The van der Waals surface area contributed by atoms with E-state index >= 15 is 0 Å². The number of hydrogen-bond acceptors (Lipinski definition) is 1. The predicted octanol–water partition coefficient (Wildman–Crippen LogP) is 5.19. The Hall–Kier alpha value is -0.0500. The molecule has 17 heavy (non-hydrogen) atoms. The lowest BCUT2D eigenvalue weighted by molar-refractivity contribution is 0.338. The van der Waals surface area contributed by atoms with E-state index in [1.165, 1.54) is 12.0 Å². The molecule has 0 aliphatic carbocycles. The Bertz CT molecular complexity index is 351. The van der Waals surface area contributed by atoms with Crippen LogP contribution in [0.5, 0.6) is 0 Å². The molecular formula is C14H21BrClN. The van der Waals surface area contributed by atoms with Gasteiger partial charge in [0.15, 0.2) is 0 Å². The summed E-state index contributed by atoms with van der Waals surface area (Å²) in [5.74, 6) is 0. The molecule has 1 N–H and O–H groups in total. The summed E-state index contributed by atoms with van der Waals surface area (Å²) in [5.41, 5.74) is 1.61. The van der Waals surface area contributed by atoms with Crippen LogP contribution in [0.4, 0.5) is 0 Å². The normalized spacial score (nSPS) is 13.8. The molecule has 1 aromatic rings. The molecule has 3 heteroatoms. The second-order valence-corrected chi connectivity index (χ2v) is 7.00. The van der Waals surface area contributed by atoms with E-state index in [2.05, 4.69) is 48.1 Å². The van der Waals surface area contributed by atoms with Crippen molar-refractivity contribution in [3.8, 4) is 0 Å². The van der Waals surface area contributed by atoms with Crippen LogP contribution in [-0.2, 0) is 0 Å². The third-order valence-corrected chi connectivity index (χ3v) is 3.49. The van der Waals surface area contributed by atoms with Gasteiger partial charge in [-0.2, -0.15) is 0 Å². The molecule has 0 spiro atoms. The van der Waals surface area contributed by atoms with Crippen LogP contribution in [0.15, 0.2) is 22.7 Å². The topological polar surface area (TPSA) is 12.0 Å². The van der Waals surface area contributed by atoms with Gasteiger partial charge in [0.25, 0.3) is 0 Å². The van der Waals surface area contributed by atoms with Crippen LogP contribution in [-0.4, -0.2) is 7.05 Å². The van der Waals surface area contributed by atoms with Gasteiger partial charge in [-0.1, -0.05) is 48.3 Å². The van der Waals surface area contributed by atoms with Gasteiger partial charge in [-0.25, -0.2) is 0 Å². The zero-order chi connectivity index (χ0) is 13.1. The van der Waals surface area contributed by atoms with Gasteiger partial charge in [0.05, 0.1) is 0 Å². The van der Waals surface area contributed by atoms with Crippen molar-refractivity contribution in [2.45, 2.75) is 39.7 Å². The molecule has 1 nitrogen and oxygen atoms in total. The first-order chi connectivity index (χ1) is 7.81. The average molecular weight is 319 g/mol. The molecule has 0 aromatic heterocycles. The Morgan fingerprint density at radius 3 is 2.41 bits per heavy atom. The highest BCUT2D eigenvalue weighted by Crippen LogP contribution is 2.30. The molecule has 0 radical (unpaired) electrons. The Morgan fingerprint density at radius 2 is 1.94 bits per heavy atom. The van der Waals surface area contributed by atoms with Gasteiger partial charge >= 0.3 is 0 Å². The van der Waals surface area contributed by atoms with Crippen LogP contribution < -0.4 is 5.32 Å². The Labute approximate surface area is 118 Å². The minimum absolute atomic E-state index is 0.365. The zero-order valence-electron chi connectivity index (χ0n) is 11.0. The van der Waals surface area contributed by atoms with Gasteiger partial charge in [0, 0.05) is 15.5 Å². The van der Waals surface area contributed by atoms with E-state index in [1.807, 2.05) is 19.2 Å². The standard InChI is InChI=1S/C14H21BrClN/c1-14(2,3)6-5-13(17-4)10-7-11(15)9-12(16)8-10/h7-9,13,17H,5-6H2,1-4H3. The molecule has 1 unspecified atom stereocenters. The molecule has 0 heterocycles. The van der Waals surface area contributed by atoms with Crippen molar-refractivity contribution in [3.05, 3.63) is 33.3 Å². The second-order valence-electron chi connectivity index (χ2n) is 5.64. The van der Waals surface area contributed by atoms with Crippen molar-refractivity contribution in [3.63, 3.8) is 0 Å². The average Bonchev–Trinajstić information content (AvgIpc) is 2.15. The lowest BCUT2D eigenvalue weighted by atomic mass is 9.87. The van der Waals surface area contributed by atoms with Crippen LogP contribution >= 0.6 is 27.5 Å². The van der Waals surface area contributed by atoms with E-state index in [0.717, 1.165) is 15.9 Å². The fraction of sp³-hybridized carbons (Fsp3) is 0.571. The van der Waals surface area contributed by atoms with E-state index in [1.54, 1.807) is 0 Å². The number of halogens is 2. The summed E-state index contributed by atoms with van der Waals surface area (Å²) in [6, 6.07) is 6.46. The first kappa shape index (κ1) is 15.0. The van der Waals surface area contributed by atoms with Gasteiger partial charge in [-0.15, -0.1) is 0 Å². The molecule has 1 atom stereocenters. The van der Waals surface area contributed by atoms with Gasteiger partial charge in [-0.05, 0) is 49.1 Å². The van der Waals surface area contributed by atoms with Crippen LogP contribution in [0.1, 0.15) is 45.2 Å².